The highest BCUT2D eigenvalue weighted by Gasteiger charge is 2.19. The maximum Gasteiger partial charge on any atom is 0.360 e. The fraction of sp³-hybridized carbons (Fsp3) is 0.167. The van der Waals surface area contributed by atoms with E-state index in [9.17, 15) is 14.4 Å². The maximum atomic E-state index is 12.9. The third-order valence-corrected chi connectivity index (χ3v) is 5.17. The zero-order valence-corrected chi connectivity index (χ0v) is 19.1. The standard InChI is InChI=1S/C24H23N7O4/c1-30-14-20(22(29-30)24(34)35-2)27-23(33)17-5-3-4-15(8-17)13-31-21(32)7-6-19(28-31)18-9-16(10-25)11-26-12-18/h3-9,11-12,14H,10,13,25H2,1-2H3,(H,27,33). The van der Waals surface area contributed by atoms with Gasteiger partial charge in [-0.1, -0.05) is 12.1 Å². The molecule has 178 valence electrons. The molecule has 0 aliphatic heterocycles. The van der Waals surface area contributed by atoms with Gasteiger partial charge >= 0.3 is 5.97 Å². The Kier molecular flexibility index (Phi) is 6.78. The van der Waals surface area contributed by atoms with Crippen molar-refractivity contribution in [1.29, 1.82) is 0 Å². The molecule has 0 saturated heterocycles. The largest absolute Gasteiger partial charge is 0.464 e. The minimum absolute atomic E-state index is 0.000247. The van der Waals surface area contributed by atoms with Crippen LogP contribution in [0.15, 0.2) is 65.8 Å². The molecule has 4 aromatic rings. The Hall–Kier alpha value is -4.64. The number of pyridine rings is 1. The lowest BCUT2D eigenvalue weighted by Crippen LogP contribution is -2.23. The first-order chi connectivity index (χ1) is 16.9. The first-order valence-corrected chi connectivity index (χ1v) is 10.6. The summed E-state index contributed by atoms with van der Waals surface area (Å²) < 4.78 is 7.44. The van der Waals surface area contributed by atoms with Crippen LogP contribution in [0, 0.1) is 0 Å². The highest BCUT2D eigenvalue weighted by atomic mass is 16.5. The second-order valence-corrected chi connectivity index (χ2v) is 7.71. The molecule has 0 aliphatic carbocycles. The number of carbonyl (C=O) groups excluding carboxylic acids is 2. The summed E-state index contributed by atoms with van der Waals surface area (Å²) >= 11 is 0. The second-order valence-electron chi connectivity index (χ2n) is 7.71. The van der Waals surface area contributed by atoms with E-state index in [-0.39, 0.29) is 23.5 Å². The van der Waals surface area contributed by atoms with E-state index in [0.29, 0.717) is 23.4 Å². The molecule has 3 aromatic heterocycles. The average molecular weight is 473 g/mol. The summed E-state index contributed by atoms with van der Waals surface area (Å²) in [5, 5.41) is 11.2. The molecule has 0 bridgehead atoms. The van der Waals surface area contributed by atoms with E-state index in [4.69, 9.17) is 10.5 Å². The Morgan fingerprint density at radius 3 is 2.69 bits per heavy atom. The maximum absolute atomic E-state index is 12.9. The number of ether oxygens (including phenoxy) is 1. The first-order valence-electron chi connectivity index (χ1n) is 10.6. The third kappa shape index (κ3) is 5.31. The van der Waals surface area contributed by atoms with Crippen molar-refractivity contribution in [3.63, 3.8) is 0 Å². The molecule has 0 unspecified atom stereocenters. The number of aryl methyl sites for hydroxylation is 1. The van der Waals surface area contributed by atoms with Crippen LogP contribution in [0.5, 0.6) is 0 Å². The van der Waals surface area contributed by atoms with Crippen LogP contribution in [0.2, 0.25) is 0 Å². The number of methoxy groups -OCH3 is 1. The molecule has 0 radical (unpaired) electrons. The summed E-state index contributed by atoms with van der Waals surface area (Å²) in [7, 11) is 2.87. The summed E-state index contributed by atoms with van der Waals surface area (Å²) in [6, 6.07) is 11.7. The van der Waals surface area contributed by atoms with Gasteiger partial charge in [0.1, 0.15) is 0 Å². The van der Waals surface area contributed by atoms with Crippen molar-refractivity contribution in [2.75, 3.05) is 12.4 Å². The van der Waals surface area contributed by atoms with Gasteiger partial charge in [0.25, 0.3) is 11.5 Å². The van der Waals surface area contributed by atoms with Crippen LogP contribution >= 0.6 is 0 Å². The Labute approximate surface area is 200 Å². The minimum atomic E-state index is -0.660. The topological polar surface area (TPSA) is 147 Å². The Morgan fingerprint density at radius 1 is 1.09 bits per heavy atom. The van der Waals surface area contributed by atoms with E-state index in [1.165, 1.54) is 28.7 Å². The van der Waals surface area contributed by atoms with E-state index in [2.05, 4.69) is 20.5 Å². The van der Waals surface area contributed by atoms with Crippen molar-refractivity contribution in [2.24, 2.45) is 12.8 Å². The van der Waals surface area contributed by atoms with Crippen LogP contribution in [-0.4, -0.2) is 43.5 Å². The number of anilines is 1. The summed E-state index contributed by atoms with van der Waals surface area (Å²) in [4.78, 5) is 41.4. The molecule has 0 atom stereocenters. The number of nitrogens with one attached hydrogen (secondary N) is 1. The molecule has 3 heterocycles. The zero-order valence-electron chi connectivity index (χ0n) is 19.1. The third-order valence-electron chi connectivity index (χ3n) is 5.17. The number of benzene rings is 1. The number of nitrogens with two attached hydrogens (primary N) is 1. The molecule has 0 aliphatic rings. The lowest BCUT2D eigenvalue weighted by molar-refractivity contribution is 0.0594. The number of hydrogen-bond donors (Lipinski definition) is 2. The highest BCUT2D eigenvalue weighted by molar-refractivity contribution is 6.07. The molecular formula is C24H23N7O4. The lowest BCUT2D eigenvalue weighted by atomic mass is 10.1. The van der Waals surface area contributed by atoms with Crippen molar-refractivity contribution in [3.05, 3.63) is 93.8 Å². The molecule has 11 nitrogen and oxygen atoms in total. The molecule has 0 spiro atoms. The van der Waals surface area contributed by atoms with Crippen LogP contribution in [0.3, 0.4) is 0 Å². The number of nitrogens with zero attached hydrogens (tertiary/aromatic N) is 5. The normalized spacial score (nSPS) is 10.7. The predicted molar refractivity (Wildman–Crippen MR) is 128 cm³/mol. The number of hydrogen-bond acceptors (Lipinski definition) is 8. The SMILES string of the molecule is COC(=O)c1nn(C)cc1NC(=O)c1cccc(Cn2nc(-c3cncc(CN)c3)ccc2=O)c1. The van der Waals surface area contributed by atoms with Crippen LogP contribution < -0.4 is 16.6 Å². The van der Waals surface area contributed by atoms with Crippen LogP contribution in [0.1, 0.15) is 32.0 Å². The van der Waals surface area contributed by atoms with Gasteiger partial charge in [-0.25, -0.2) is 9.48 Å². The summed E-state index contributed by atoms with van der Waals surface area (Å²) in [6.07, 6.45) is 4.84. The fourth-order valence-corrected chi connectivity index (χ4v) is 3.46. The molecule has 4 rings (SSSR count). The monoisotopic (exact) mass is 473 g/mol. The van der Waals surface area contributed by atoms with Gasteiger partial charge in [0.2, 0.25) is 0 Å². The summed E-state index contributed by atoms with van der Waals surface area (Å²) in [5.41, 5.74) is 8.84. The van der Waals surface area contributed by atoms with Crippen molar-refractivity contribution in [2.45, 2.75) is 13.1 Å². The van der Waals surface area contributed by atoms with Crippen molar-refractivity contribution < 1.29 is 14.3 Å². The Balaban J connectivity index is 1.57. The molecule has 35 heavy (non-hydrogen) atoms. The fourth-order valence-electron chi connectivity index (χ4n) is 3.46. The zero-order chi connectivity index (χ0) is 24.9. The number of aromatic nitrogens is 5. The van der Waals surface area contributed by atoms with Gasteiger partial charge in [0.05, 0.1) is 25.0 Å². The Morgan fingerprint density at radius 2 is 1.91 bits per heavy atom. The molecule has 1 aromatic carbocycles. The molecule has 0 saturated carbocycles. The molecule has 1 amide bonds. The van der Waals surface area contributed by atoms with Crippen molar-refractivity contribution >= 4 is 17.6 Å². The Bertz CT molecular complexity index is 1460. The van der Waals surface area contributed by atoms with E-state index < -0.39 is 11.9 Å². The molecule has 3 N–H and O–H groups in total. The first kappa shape index (κ1) is 23.5. The number of rotatable bonds is 7. The second kappa shape index (κ2) is 10.1. The van der Waals surface area contributed by atoms with Gasteiger partial charge in [-0.3, -0.25) is 19.3 Å². The van der Waals surface area contributed by atoms with Crippen LogP contribution in [-0.2, 0) is 24.9 Å². The number of esters is 1. The van der Waals surface area contributed by atoms with Gasteiger partial charge in [-0.2, -0.15) is 10.2 Å². The predicted octanol–water partition coefficient (Wildman–Crippen LogP) is 1.58. The van der Waals surface area contributed by atoms with Gasteiger partial charge in [-0.05, 0) is 35.4 Å². The average Bonchev–Trinajstić information content (AvgIpc) is 3.24. The lowest BCUT2D eigenvalue weighted by Gasteiger charge is -2.10. The van der Waals surface area contributed by atoms with Gasteiger partial charge in [0.15, 0.2) is 5.69 Å². The van der Waals surface area contributed by atoms with E-state index >= 15 is 0 Å². The van der Waals surface area contributed by atoms with Crippen LogP contribution in [0.25, 0.3) is 11.3 Å². The summed E-state index contributed by atoms with van der Waals surface area (Å²) in [6.45, 7) is 0.494. The van der Waals surface area contributed by atoms with E-state index in [1.54, 1.807) is 49.8 Å². The van der Waals surface area contributed by atoms with Gasteiger partial charge < -0.3 is 15.8 Å². The van der Waals surface area contributed by atoms with Crippen molar-refractivity contribution in [3.8, 4) is 11.3 Å². The smallest absolute Gasteiger partial charge is 0.360 e. The van der Waals surface area contributed by atoms with Gasteiger partial charge in [-0.15, -0.1) is 0 Å². The molecular weight excluding hydrogens is 450 g/mol. The molecule has 0 fully saturated rings. The van der Waals surface area contributed by atoms with Crippen molar-refractivity contribution in [1.82, 2.24) is 24.5 Å². The van der Waals surface area contributed by atoms with Crippen LogP contribution in [0.4, 0.5) is 5.69 Å². The quantitative estimate of drug-likeness (QED) is 0.385. The van der Waals surface area contributed by atoms with Gasteiger partial charge in [0, 0.05) is 49.4 Å². The highest BCUT2D eigenvalue weighted by Crippen LogP contribution is 2.18. The number of amides is 1. The number of carbonyl (C=O) groups is 2. The summed E-state index contributed by atoms with van der Waals surface area (Å²) in [5.74, 6) is -1.10. The minimum Gasteiger partial charge on any atom is -0.464 e. The molecule has 11 heteroatoms. The van der Waals surface area contributed by atoms with E-state index in [0.717, 1.165) is 11.1 Å². The van der Waals surface area contributed by atoms with E-state index in [1.807, 2.05) is 6.07 Å².